The molecule has 0 unspecified atom stereocenters. The van der Waals surface area contributed by atoms with Gasteiger partial charge in [0.25, 0.3) is 5.91 Å². The summed E-state index contributed by atoms with van der Waals surface area (Å²) in [4.78, 5) is 20.0. The van der Waals surface area contributed by atoms with E-state index in [1.165, 1.54) is 7.11 Å². The summed E-state index contributed by atoms with van der Waals surface area (Å²) >= 11 is 6.01. The van der Waals surface area contributed by atoms with E-state index in [0.29, 0.717) is 16.3 Å². The van der Waals surface area contributed by atoms with Gasteiger partial charge in [0, 0.05) is 18.0 Å². The van der Waals surface area contributed by atoms with Gasteiger partial charge in [-0.2, -0.15) is 0 Å². The van der Waals surface area contributed by atoms with Gasteiger partial charge < -0.3 is 4.74 Å². The summed E-state index contributed by atoms with van der Waals surface area (Å²) in [6, 6.07) is 4.95. The Bertz CT molecular complexity index is 602. The third-order valence-corrected chi connectivity index (χ3v) is 2.83. The Labute approximate surface area is 115 Å². The van der Waals surface area contributed by atoms with E-state index >= 15 is 0 Å². The van der Waals surface area contributed by atoms with Crippen molar-refractivity contribution in [2.24, 2.45) is 0 Å². The van der Waals surface area contributed by atoms with Gasteiger partial charge in [-0.15, -0.1) is 0 Å². The SMILES string of the molecule is COc1cc(C)c(C(=O)Nc2ncccn2)cc1Cl. The highest BCUT2D eigenvalue weighted by atomic mass is 35.5. The van der Waals surface area contributed by atoms with Crippen LogP contribution >= 0.6 is 11.6 Å². The third-order valence-electron chi connectivity index (χ3n) is 2.53. The monoisotopic (exact) mass is 277 g/mol. The van der Waals surface area contributed by atoms with Crippen LogP contribution in [0.1, 0.15) is 15.9 Å². The van der Waals surface area contributed by atoms with E-state index in [2.05, 4.69) is 15.3 Å². The molecule has 1 amide bonds. The molecule has 6 heteroatoms. The lowest BCUT2D eigenvalue weighted by Gasteiger charge is -2.09. The summed E-state index contributed by atoms with van der Waals surface area (Å²) in [5.41, 5.74) is 1.22. The topological polar surface area (TPSA) is 64.1 Å². The molecule has 5 nitrogen and oxygen atoms in total. The number of halogens is 1. The predicted molar refractivity (Wildman–Crippen MR) is 72.7 cm³/mol. The summed E-state index contributed by atoms with van der Waals surface area (Å²) in [5.74, 6) is 0.471. The van der Waals surface area contributed by atoms with Crippen molar-refractivity contribution in [1.29, 1.82) is 0 Å². The van der Waals surface area contributed by atoms with Crippen LogP contribution in [0.4, 0.5) is 5.95 Å². The van der Waals surface area contributed by atoms with Crippen molar-refractivity contribution >= 4 is 23.5 Å². The highest BCUT2D eigenvalue weighted by Crippen LogP contribution is 2.28. The van der Waals surface area contributed by atoms with Gasteiger partial charge >= 0.3 is 0 Å². The summed E-state index contributed by atoms with van der Waals surface area (Å²) in [6.07, 6.45) is 3.10. The zero-order chi connectivity index (χ0) is 13.8. The number of nitrogens with zero attached hydrogens (tertiary/aromatic N) is 2. The second-order valence-electron chi connectivity index (χ2n) is 3.83. The Morgan fingerprint density at radius 3 is 2.63 bits per heavy atom. The summed E-state index contributed by atoms with van der Waals surface area (Å²) in [6.45, 7) is 1.81. The molecule has 1 aromatic heterocycles. The molecule has 0 saturated carbocycles. The van der Waals surface area contributed by atoms with Crippen LogP contribution < -0.4 is 10.1 Å². The molecular weight excluding hydrogens is 266 g/mol. The fourth-order valence-corrected chi connectivity index (χ4v) is 1.83. The second kappa shape index (κ2) is 5.67. The minimum absolute atomic E-state index is 0.249. The predicted octanol–water partition coefficient (Wildman–Crippen LogP) is 2.70. The zero-order valence-corrected chi connectivity index (χ0v) is 11.2. The van der Waals surface area contributed by atoms with E-state index in [1.807, 2.05) is 0 Å². The van der Waals surface area contributed by atoms with Crippen LogP contribution in [0.5, 0.6) is 5.75 Å². The van der Waals surface area contributed by atoms with Crippen LogP contribution in [0.15, 0.2) is 30.6 Å². The van der Waals surface area contributed by atoms with E-state index in [4.69, 9.17) is 16.3 Å². The maximum absolute atomic E-state index is 12.1. The molecule has 2 aromatic rings. The van der Waals surface area contributed by atoms with Crippen molar-refractivity contribution in [3.8, 4) is 5.75 Å². The van der Waals surface area contributed by atoms with E-state index in [9.17, 15) is 4.79 Å². The number of hydrogen-bond acceptors (Lipinski definition) is 4. The van der Waals surface area contributed by atoms with Crippen molar-refractivity contribution < 1.29 is 9.53 Å². The maximum Gasteiger partial charge on any atom is 0.258 e. The van der Waals surface area contributed by atoms with Gasteiger partial charge in [-0.25, -0.2) is 9.97 Å². The molecule has 0 saturated heterocycles. The van der Waals surface area contributed by atoms with Gasteiger partial charge in [0.15, 0.2) is 0 Å². The lowest BCUT2D eigenvalue weighted by Crippen LogP contribution is -2.15. The molecule has 19 heavy (non-hydrogen) atoms. The van der Waals surface area contributed by atoms with E-state index < -0.39 is 0 Å². The molecule has 0 bridgehead atoms. The number of carbonyl (C=O) groups excluding carboxylic acids is 1. The molecule has 0 aliphatic rings. The quantitative estimate of drug-likeness (QED) is 0.937. The fourth-order valence-electron chi connectivity index (χ4n) is 1.59. The standard InChI is InChI=1S/C13H12ClN3O2/c1-8-6-11(19-2)10(14)7-9(8)12(18)17-13-15-4-3-5-16-13/h3-7H,1-2H3,(H,15,16,17,18). The Balaban J connectivity index is 2.27. The van der Waals surface area contributed by atoms with Gasteiger partial charge in [-0.3, -0.25) is 10.1 Å². The number of methoxy groups -OCH3 is 1. The Kier molecular flexibility index (Phi) is 3.97. The van der Waals surface area contributed by atoms with Gasteiger partial charge in [0.05, 0.1) is 12.1 Å². The number of anilines is 1. The summed E-state index contributed by atoms with van der Waals surface area (Å²) < 4.78 is 5.09. The maximum atomic E-state index is 12.1. The first-order chi connectivity index (χ1) is 9.11. The fraction of sp³-hybridized carbons (Fsp3) is 0.154. The van der Waals surface area contributed by atoms with Gasteiger partial charge in [0.2, 0.25) is 5.95 Å². The first-order valence-corrected chi connectivity index (χ1v) is 5.92. The van der Waals surface area contributed by atoms with E-state index in [0.717, 1.165) is 5.56 Å². The molecule has 1 N–H and O–H groups in total. The minimum Gasteiger partial charge on any atom is -0.495 e. The lowest BCUT2D eigenvalue weighted by molar-refractivity contribution is 0.102. The first-order valence-electron chi connectivity index (χ1n) is 5.54. The van der Waals surface area contributed by atoms with Crippen LogP contribution in [-0.2, 0) is 0 Å². The van der Waals surface area contributed by atoms with Crippen LogP contribution in [0.2, 0.25) is 5.02 Å². The number of ether oxygens (including phenoxy) is 1. The van der Waals surface area contributed by atoms with Crippen LogP contribution in [-0.4, -0.2) is 23.0 Å². The van der Waals surface area contributed by atoms with Crippen molar-refractivity contribution in [2.75, 3.05) is 12.4 Å². The zero-order valence-electron chi connectivity index (χ0n) is 10.5. The molecule has 0 spiro atoms. The molecule has 2 rings (SSSR count). The van der Waals surface area contributed by atoms with Crippen LogP contribution in [0.25, 0.3) is 0 Å². The summed E-state index contributed by atoms with van der Waals surface area (Å²) in [7, 11) is 1.53. The Morgan fingerprint density at radius 2 is 2.00 bits per heavy atom. The highest BCUT2D eigenvalue weighted by molar-refractivity contribution is 6.32. The molecule has 0 atom stereocenters. The number of rotatable bonds is 3. The lowest BCUT2D eigenvalue weighted by atomic mass is 10.1. The highest BCUT2D eigenvalue weighted by Gasteiger charge is 2.14. The smallest absolute Gasteiger partial charge is 0.258 e. The first kappa shape index (κ1) is 13.3. The number of aromatic nitrogens is 2. The van der Waals surface area contributed by atoms with E-state index in [-0.39, 0.29) is 11.9 Å². The van der Waals surface area contributed by atoms with E-state index in [1.54, 1.807) is 37.5 Å². The minimum atomic E-state index is -0.312. The number of aryl methyl sites for hydroxylation is 1. The largest absolute Gasteiger partial charge is 0.495 e. The molecule has 0 aliphatic carbocycles. The summed E-state index contributed by atoms with van der Waals surface area (Å²) in [5, 5.41) is 2.98. The van der Waals surface area contributed by atoms with Gasteiger partial charge in [0.1, 0.15) is 5.75 Å². The van der Waals surface area contributed by atoms with Crippen LogP contribution in [0.3, 0.4) is 0 Å². The number of nitrogens with one attached hydrogen (secondary N) is 1. The molecule has 98 valence electrons. The van der Waals surface area contributed by atoms with Crippen molar-refractivity contribution in [3.63, 3.8) is 0 Å². The van der Waals surface area contributed by atoms with Gasteiger partial charge in [-0.1, -0.05) is 11.6 Å². The normalized spacial score (nSPS) is 10.1. The average Bonchev–Trinajstić information content (AvgIpc) is 2.42. The Morgan fingerprint density at radius 1 is 1.32 bits per heavy atom. The molecule has 1 heterocycles. The molecule has 1 aromatic carbocycles. The number of benzene rings is 1. The molecule has 0 radical (unpaired) electrons. The number of amides is 1. The van der Waals surface area contributed by atoms with Crippen molar-refractivity contribution in [3.05, 3.63) is 46.7 Å². The average molecular weight is 278 g/mol. The molecular formula is C13H12ClN3O2. The van der Waals surface area contributed by atoms with Gasteiger partial charge in [-0.05, 0) is 30.7 Å². The Hall–Kier alpha value is -2.14. The van der Waals surface area contributed by atoms with Crippen molar-refractivity contribution in [2.45, 2.75) is 6.92 Å². The second-order valence-corrected chi connectivity index (χ2v) is 4.24. The number of carbonyl (C=O) groups is 1. The van der Waals surface area contributed by atoms with Crippen LogP contribution in [0, 0.1) is 6.92 Å². The molecule has 0 aliphatic heterocycles. The van der Waals surface area contributed by atoms with Crippen molar-refractivity contribution in [1.82, 2.24) is 9.97 Å². The third kappa shape index (κ3) is 3.00. The molecule has 0 fully saturated rings. The number of hydrogen-bond donors (Lipinski definition) is 1.